The van der Waals surface area contributed by atoms with Gasteiger partial charge in [-0.15, -0.1) is 24.8 Å². The van der Waals surface area contributed by atoms with Gasteiger partial charge in [0.2, 0.25) is 17.7 Å². The van der Waals surface area contributed by atoms with Crippen molar-refractivity contribution in [1.29, 1.82) is 0 Å². The number of halogens is 2. The number of rotatable bonds is 7. The molecule has 0 aliphatic carbocycles. The second-order valence-electron chi connectivity index (χ2n) is 6.75. The zero-order chi connectivity index (χ0) is 18.3. The molecular weight excluding hydrogens is 381 g/mol. The number of nitrogens with two attached hydrogens (primary N) is 1. The average molecular weight is 414 g/mol. The maximum atomic E-state index is 12.1. The van der Waals surface area contributed by atoms with Crippen LogP contribution in [0.15, 0.2) is 0 Å². The van der Waals surface area contributed by atoms with Gasteiger partial charge in [-0.3, -0.25) is 19.3 Å². The van der Waals surface area contributed by atoms with Crippen LogP contribution in [0.25, 0.3) is 0 Å². The lowest BCUT2D eigenvalue weighted by molar-refractivity contribution is -0.135. The molecule has 1 saturated heterocycles. The molecule has 8 nitrogen and oxygen atoms in total. The highest BCUT2D eigenvalue weighted by molar-refractivity contribution is 5.87. The van der Waals surface area contributed by atoms with Gasteiger partial charge in [0, 0.05) is 53.2 Å². The topological polar surface area (TPSA) is 99.0 Å². The number of nitrogens with zero attached hydrogens (tertiary/aromatic N) is 3. The van der Waals surface area contributed by atoms with Crippen LogP contribution in [0.4, 0.5) is 0 Å². The lowest BCUT2D eigenvalue weighted by atomic mass is 10.1. The standard InChI is InChI=1S/C16H31N5O3.2ClH/c1-12(2)15(17)16(24)18-11-14(23)21-9-7-20(8-10-21)6-5-13(22)19(3)4;;/h12,15H,5-11,17H2,1-4H3,(H,18,24);2*1H/t15-;;/m0../s1. The van der Waals surface area contributed by atoms with Crippen LogP contribution in [0.3, 0.4) is 0 Å². The van der Waals surface area contributed by atoms with Gasteiger partial charge in [0.15, 0.2) is 0 Å². The van der Waals surface area contributed by atoms with Crippen molar-refractivity contribution in [3.63, 3.8) is 0 Å². The van der Waals surface area contributed by atoms with Gasteiger partial charge in [0.25, 0.3) is 0 Å². The predicted molar refractivity (Wildman–Crippen MR) is 107 cm³/mol. The van der Waals surface area contributed by atoms with Gasteiger partial charge >= 0.3 is 0 Å². The summed E-state index contributed by atoms with van der Waals surface area (Å²) >= 11 is 0. The van der Waals surface area contributed by atoms with E-state index in [1.807, 2.05) is 13.8 Å². The van der Waals surface area contributed by atoms with Crippen LogP contribution in [0, 0.1) is 5.92 Å². The second-order valence-corrected chi connectivity index (χ2v) is 6.75. The molecule has 1 fully saturated rings. The van der Waals surface area contributed by atoms with E-state index in [1.165, 1.54) is 0 Å². The lowest BCUT2D eigenvalue weighted by Gasteiger charge is -2.34. The Balaban J connectivity index is 0. The van der Waals surface area contributed by atoms with E-state index in [0.717, 1.165) is 13.1 Å². The third kappa shape index (κ3) is 9.02. The van der Waals surface area contributed by atoms with Crippen molar-refractivity contribution in [2.45, 2.75) is 26.3 Å². The van der Waals surface area contributed by atoms with Crippen molar-refractivity contribution in [2.75, 3.05) is 53.4 Å². The Morgan fingerprint density at radius 1 is 1.08 bits per heavy atom. The minimum absolute atomic E-state index is 0. The number of hydrogen-bond donors (Lipinski definition) is 2. The molecule has 1 aliphatic rings. The molecule has 0 aromatic heterocycles. The van der Waals surface area contributed by atoms with Crippen LogP contribution in [0.2, 0.25) is 0 Å². The largest absolute Gasteiger partial charge is 0.349 e. The van der Waals surface area contributed by atoms with Gasteiger partial charge in [-0.05, 0) is 5.92 Å². The Morgan fingerprint density at radius 3 is 2.08 bits per heavy atom. The van der Waals surface area contributed by atoms with Crippen LogP contribution in [-0.2, 0) is 14.4 Å². The Bertz CT molecular complexity index is 455. The fraction of sp³-hybridized carbons (Fsp3) is 0.812. The molecule has 154 valence electrons. The maximum absolute atomic E-state index is 12.1. The molecule has 0 radical (unpaired) electrons. The van der Waals surface area contributed by atoms with E-state index in [0.29, 0.717) is 26.1 Å². The molecule has 0 bridgehead atoms. The van der Waals surface area contributed by atoms with E-state index >= 15 is 0 Å². The molecule has 0 unspecified atom stereocenters. The summed E-state index contributed by atoms with van der Waals surface area (Å²) in [5, 5.41) is 2.61. The Labute approximate surface area is 168 Å². The predicted octanol–water partition coefficient (Wildman–Crippen LogP) is -0.448. The number of piperazine rings is 1. The minimum Gasteiger partial charge on any atom is -0.349 e. The summed E-state index contributed by atoms with van der Waals surface area (Å²) in [4.78, 5) is 41.0. The lowest BCUT2D eigenvalue weighted by Crippen LogP contribution is -2.53. The van der Waals surface area contributed by atoms with Gasteiger partial charge in [0.05, 0.1) is 12.6 Å². The smallest absolute Gasteiger partial charge is 0.242 e. The molecule has 1 rings (SSSR count). The van der Waals surface area contributed by atoms with E-state index in [-0.39, 0.29) is 55.0 Å². The van der Waals surface area contributed by atoms with Gasteiger partial charge in [-0.2, -0.15) is 0 Å². The SMILES string of the molecule is CC(C)[C@H](N)C(=O)NCC(=O)N1CCN(CCC(=O)N(C)C)CC1.Cl.Cl. The van der Waals surface area contributed by atoms with Gasteiger partial charge in [-0.1, -0.05) is 13.8 Å². The first-order valence-corrected chi connectivity index (χ1v) is 8.46. The normalized spacial score (nSPS) is 15.5. The number of carbonyl (C=O) groups excluding carboxylic acids is 3. The van der Waals surface area contributed by atoms with Crippen molar-refractivity contribution in [3.8, 4) is 0 Å². The molecule has 1 atom stereocenters. The third-order valence-electron chi connectivity index (χ3n) is 4.30. The van der Waals surface area contributed by atoms with Crippen molar-refractivity contribution < 1.29 is 14.4 Å². The summed E-state index contributed by atoms with van der Waals surface area (Å²) in [6.07, 6.45) is 0.490. The van der Waals surface area contributed by atoms with Crippen molar-refractivity contribution in [1.82, 2.24) is 20.0 Å². The molecule has 3 amide bonds. The highest BCUT2D eigenvalue weighted by atomic mass is 35.5. The van der Waals surface area contributed by atoms with E-state index in [1.54, 1.807) is 23.9 Å². The van der Waals surface area contributed by atoms with Crippen LogP contribution in [0.5, 0.6) is 0 Å². The molecule has 0 aromatic carbocycles. The van der Waals surface area contributed by atoms with E-state index in [2.05, 4.69) is 10.2 Å². The molecule has 0 saturated carbocycles. The van der Waals surface area contributed by atoms with Crippen LogP contribution >= 0.6 is 24.8 Å². The van der Waals surface area contributed by atoms with E-state index < -0.39 is 6.04 Å². The number of amides is 3. The molecule has 10 heteroatoms. The first-order valence-electron chi connectivity index (χ1n) is 8.46. The fourth-order valence-electron chi connectivity index (χ4n) is 2.39. The zero-order valence-electron chi connectivity index (χ0n) is 16.1. The van der Waals surface area contributed by atoms with E-state index in [4.69, 9.17) is 5.73 Å². The molecule has 1 heterocycles. The molecular formula is C16H33Cl2N5O3. The first-order chi connectivity index (χ1) is 11.2. The van der Waals surface area contributed by atoms with Crippen LogP contribution in [-0.4, -0.2) is 91.8 Å². The number of hydrogen-bond acceptors (Lipinski definition) is 5. The Hall–Kier alpha value is -1.09. The molecule has 1 aliphatic heterocycles. The quantitative estimate of drug-likeness (QED) is 0.588. The van der Waals surface area contributed by atoms with Crippen molar-refractivity contribution in [2.24, 2.45) is 11.7 Å². The molecule has 0 spiro atoms. The summed E-state index contributed by atoms with van der Waals surface area (Å²) in [7, 11) is 3.50. The first kappa shape index (κ1) is 27.1. The number of nitrogens with one attached hydrogen (secondary N) is 1. The van der Waals surface area contributed by atoms with E-state index in [9.17, 15) is 14.4 Å². The molecule has 26 heavy (non-hydrogen) atoms. The Kier molecular flexibility index (Phi) is 13.7. The highest BCUT2D eigenvalue weighted by Gasteiger charge is 2.23. The van der Waals surface area contributed by atoms with Crippen LogP contribution in [0.1, 0.15) is 20.3 Å². The fourth-order valence-corrected chi connectivity index (χ4v) is 2.39. The van der Waals surface area contributed by atoms with Crippen molar-refractivity contribution >= 4 is 42.5 Å². The zero-order valence-corrected chi connectivity index (χ0v) is 17.7. The molecule has 3 N–H and O–H groups in total. The van der Waals surface area contributed by atoms with Gasteiger partial charge in [0.1, 0.15) is 0 Å². The molecule has 0 aromatic rings. The van der Waals surface area contributed by atoms with Gasteiger partial charge < -0.3 is 20.9 Å². The maximum Gasteiger partial charge on any atom is 0.242 e. The third-order valence-corrected chi connectivity index (χ3v) is 4.30. The minimum atomic E-state index is -0.594. The summed E-state index contributed by atoms with van der Waals surface area (Å²) in [5.41, 5.74) is 5.75. The van der Waals surface area contributed by atoms with Crippen molar-refractivity contribution in [3.05, 3.63) is 0 Å². The average Bonchev–Trinajstić information content (AvgIpc) is 2.56. The summed E-state index contributed by atoms with van der Waals surface area (Å²) in [6, 6.07) is -0.594. The van der Waals surface area contributed by atoms with Gasteiger partial charge in [-0.25, -0.2) is 0 Å². The Morgan fingerprint density at radius 2 is 1.62 bits per heavy atom. The summed E-state index contributed by atoms with van der Waals surface area (Å²) in [5.74, 6) is -0.242. The monoisotopic (exact) mass is 413 g/mol. The number of carbonyl (C=O) groups is 3. The summed E-state index contributed by atoms with van der Waals surface area (Å²) < 4.78 is 0. The summed E-state index contributed by atoms with van der Waals surface area (Å²) in [6.45, 7) is 7.13. The second kappa shape index (κ2) is 13.1. The highest BCUT2D eigenvalue weighted by Crippen LogP contribution is 2.04. The van der Waals surface area contributed by atoms with Crippen LogP contribution < -0.4 is 11.1 Å².